The third kappa shape index (κ3) is 3.01. The molecule has 0 amide bonds. The Bertz CT molecular complexity index is 770. The average molecular weight is 322 g/mol. The van der Waals surface area contributed by atoms with Crippen molar-refractivity contribution < 1.29 is 9.30 Å². The maximum absolute atomic E-state index is 14.3. The number of ether oxygens (including phenoxy) is 1. The Morgan fingerprint density at radius 1 is 0.739 bits per heavy atom. The van der Waals surface area contributed by atoms with Crippen LogP contribution in [0.2, 0.25) is 0 Å². The highest BCUT2D eigenvalue weighted by Gasteiger charge is 2.31. The molecule has 3 aromatic rings. The summed E-state index contributed by atoms with van der Waals surface area (Å²) in [6.07, 6.45) is 0. The summed E-state index contributed by atoms with van der Waals surface area (Å²) in [6.45, 7) is 0.444. The standard InChI is InChI=1S/C20H19O2P/c1-22-16-17-10-8-9-15-20(17)23(21,18-11-4-2-5-12-18)19-13-6-3-7-14-19/h2-15H,16H2,1H3. The van der Waals surface area contributed by atoms with Crippen LogP contribution in [0.3, 0.4) is 0 Å². The van der Waals surface area contributed by atoms with Gasteiger partial charge in [0.1, 0.15) is 0 Å². The third-order valence-electron chi connectivity index (χ3n) is 3.87. The molecule has 23 heavy (non-hydrogen) atoms. The molecule has 3 rings (SSSR count). The van der Waals surface area contributed by atoms with Crippen LogP contribution in [-0.4, -0.2) is 7.11 Å². The molecule has 0 atom stereocenters. The molecule has 0 radical (unpaired) electrons. The van der Waals surface area contributed by atoms with Crippen LogP contribution in [0.25, 0.3) is 0 Å². The monoisotopic (exact) mass is 322 g/mol. The van der Waals surface area contributed by atoms with E-state index in [0.29, 0.717) is 6.61 Å². The Morgan fingerprint density at radius 2 is 1.22 bits per heavy atom. The fourth-order valence-corrected chi connectivity index (χ4v) is 5.68. The number of methoxy groups -OCH3 is 1. The fourth-order valence-electron chi connectivity index (χ4n) is 2.80. The summed E-state index contributed by atoms with van der Waals surface area (Å²) in [4.78, 5) is 0. The highest BCUT2D eigenvalue weighted by molar-refractivity contribution is 7.85. The van der Waals surface area contributed by atoms with Crippen LogP contribution in [0, 0.1) is 0 Å². The Morgan fingerprint density at radius 3 is 1.74 bits per heavy atom. The number of hydrogen-bond acceptors (Lipinski definition) is 2. The van der Waals surface area contributed by atoms with Gasteiger partial charge in [-0.2, -0.15) is 0 Å². The summed E-state index contributed by atoms with van der Waals surface area (Å²) in [6, 6.07) is 27.2. The van der Waals surface area contributed by atoms with E-state index in [0.717, 1.165) is 21.5 Å². The van der Waals surface area contributed by atoms with Gasteiger partial charge in [0.2, 0.25) is 0 Å². The predicted molar refractivity (Wildman–Crippen MR) is 96.5 cm³/mol. The molecule has 0 bridgehead atoms. The van der Waals surface area contributed by atoms with E-state index in [4.69, 9.17) is 4.74 Å². The van der Waals surface area contributed by atoms with E-state index >= 15 is 0 Å². The van der Waals surface area contributed by atoms with E-state index in [1.807, 2.05) is 84.9 Å². The predicted octanol–water partition coefficient (Wildman–Crippen LogP) is 3.47. The van der Waals surface area contributed by atoms with Crippen LogP contribution in [-0.2, 0) is 15.9 Å². The van der Waals surface area contributed by atoms with Crippen molar-refractivity contribution in [3.63, 3.8) is 0 Å². The van der Waals surface area contributed by atoms with Crippen LogP contribution in [0.1, 0.15) is 5.56 Å². The molecule has 0 saturated carbocycles. The van der Waals surface area contributed by atoms with Gasteiger partial charge in [0.15, 0.2) is 7.14 Å². The van der Waals surface area contributed by atoms with Gasteiger partial charge in [-0.05, 0) is 5.56 Å². The largest absolute Gasteiger partial charge is 0.380 e. The van der Waals surface area contributed by atoms with E-state index in [-0.39, 0.29) is 0 Å². The van der Waals surface area contributed by atoms with Gasteiger partial charge in [-0.1, -0.05) is 84.9 Å². The first-order chi connectivity index (χ1) is 11.3. The number of rotatable bonds is 5. The van der Waals surface area contributed by atoms with E-state index in [2.05, 4.69) is 0 Å². The second kappa shape index (κ2) is 6.95. The van der Waals surface area contributed by atoms with Crippen molar-refractivity contribution in [2.24, 2.45) is 0 Å². The van der Waals surface area contributed by atoms with Gasteiger partial charge in [0, 0.05) is 23.0 Å². The van der Waals surface area contributed by atoms with Gasteiger partial charge in [-0.3, -0.25) is 0 Å². The highest BCUT2D eigenvalue weighted by Crippen LogP contribution is 2.43. The molecule has 0 fully saturated rings. The maximum Gasteiger partial charge on any atom is 0.171 e. The first kappa shape index (κ1) is 15.7. The molecule has 116 valence electrons. The normalized spacial score (nSPS) is 11.3. The maximum atomic E-state index is 14.3. The van der Waals surface area contributed by atoms with Crippen molar-refractivity contribution >= 4 is 23.1 Å². The summed E-state index contributed by atoms with van der Waals surface area (Å²) in [5.41, 5.74) is 0.964. The van der Waals surface area contributed by atoms with E-state index in [1.54, 1.807) is 7.11 Å². The molecular weight excluding hydrogens is 303 g/mol. The molecule has 0 unspecified atom stereocenters. The molecule has 3 aromatic carbocycles. The molecule has 0 aliphatic heterocycles. The van der Waals surface area contributed by atoms with Gasteiger partial charge in [-0.15, -0.1) is 0 Å². The molecular formula is C20H19O2P. The topological polar surface area (TPSA) is 26.3 Å². The molecule has 0 spiro atoms. The van der Waals surface area contributed by atoms with E-state index in [1.165, 1.54) is 0 Å². The molecule has 0 aliphatic carbocycles. The Kier molecular flexibility index (Phi) is 4.76. The van der Waals surface area contributed by atoms with E-state index < -0.39 is 7.14 Å². The quantitative estimate of drug-likeness (QED) is 0.672. The van der Waals surface area contributed by atoms with Crippen LogP contribution in [0.15, 0.2) is 84.9 Å². The van der Waals surface area contributed by atoms with Gasteiger partial charge in [0.05, 0.1) is 6.61 Å². The van der Waals surface area contributed by atoms with Crippen molar-refractivity contribution in [2.45, 2.75) is 6.61 Å². The van der Waals surface area contributed by atoms with Gasteiger partial charge < -0.3 is 9.30 Å². The summed E-state index contributed by atoms with van der Waals surface area (Å²) in [5, 5.41) is 2.53. The summed E-state index contributed by atoms with van der Waals surface area (Å²) >= 11 is 0. The summed E-state index contributed by atoms with van der Waals surface area (Å²) in [5.74, 6) is 0. The zero-order valence-electron chi connectivity index (χ0n) is 13.1. The molecule has 0 heterocycles. The first-order valence-corrected chi connectivity index (χ1v) is 9.26. The molecule has 0 saturated heterocycles. The van der Waals surface area contributed by atoms with Crippen molar-refractivity contribution in [3.8, 4) is 0 Å². The SMILES string of the molecule is COCc1ccccc1P(=O)(c1ccccc1)c1ccccc1. The Labute approximate surface area is 137 Å². The minimum atomic E-state index is -2.92. The minimum absolute atomic E-state index is 0.444. The van der Waals surface area contributed by atoms with Gasteiger partial charge in [0.25, 0.3) is 0 Å². The molecule has 0 N–H and O–H groups in total. The summed E-state index contributed by atoms with van der Waals surface area (Å²) < 4.78 is 19.6. The number of hydrogen-bond donors (Lipinski definition) is 0. The molecule has 3 heteroatoms. The highest BCUT2D eigenvalue weighted by atomic mass is 31.2. The first-order valence-electron chi connectivity index (χ1n) is 7.55. The second-order valence-corrected chi connectivity index (χ2v) is 8.08. The Hall–Kier alpha value is -2.15. The lowest BCUT2D eigenvalue weighted by Gasteiger charge is -2.22. The van der Waals surface area contributed by atoms with E-state index in [9.17, 15) is 4.57 Å². The number of benzene rings is 3. The molecule has 0 aromatic heterocycles. The van der Waals surface area contributed by atoms with Crippen molar-refractivity contribution in [2.75, 3.05) is 7.11 Å². The lowest BCUT2D eigenvalue weighted by atomic mass is 10.2. The zero-order chi connectivity index (χ0) is 16.1. The average Bonchev–Trinajstić information content (AvgIpc) is 2.63. The smallest absolute Gasteiger partial charge is 0.171 e. The van der Waals surface area contributed by atoms with Crippen LogP contribution >= 0.6 is 7.14 Å². The molecule has 2 nitrogen and oxygen atoms in total. The summed E-state index contributed by atoms with van der Waals surface area (Å²) in [7, 11) is -1.26. The zero-order valence-corrected chi connectivity index (χ0v) is 13.9. The van der Waals surface area contributed by atoms with Crippen molar-refractivity contribution in [1.82, 2.24) is 0 Å². The third-order valence-corrected chi connectivity index (χ3v) is 7.04. The van der Waals surface area contributed by atoms with Crippen LogP contribution in [0.4, 0.5) is 0 Å². The minimum Gasteiger partial charge on any atom is -0.380 e. The molecule has 0 aliphatic rings. The lowest BCUT2D eigenvalue weighted by Crippen LogP contribution is -2.27. The Balaban J connectivity index is 2.28. The van der Waals surface area contributed by atoms with Crippen LogP contribution < -0.4 is 15.9 Å². The van der Waals surface area contributed by atoms with Gasteiger partial charge in [-0.25, -0.2) is 0 Å². The van der Waals surface area contributed by atoms with Crippen molar-refractivity contribution in [1.29, 1.82) is 0 Å². The van der Waals surface area contributed by atoms with Crippen LogP contribution in [0.5, 0.6) is 0 Å². The van der Waals surface area contributed by atoms with Crippen molar-refractivity contribution in [3.05, 3.63) is 90.5 Å². The lowest BCUT2D eigenvalue weighted by molar-refractivity contribution is 0.185. The van der Waals surface area contributed by atoms with Gasteiger partial charge >= 0.3 is 0 Å². The second-order valence-electron chi connectivity index (χ2n) is 5.34. The fraction of sp³-hybridized carbons (Fsp3) is 0.100.